The summed E-state index contributed by atoms with van der Waals surface area (Å²) in [5.41, 5.74) is 0. The van der Waals surface area contributed by atoms with Crippen LogP contribution in [-0.4, -0.2) is 25.9 Å². The highest BCUT2D eigenvalue weighted by atomic mass is 15.3. The number of anilines is 1. The van der Waals surface area contributed by atoms with E-state index in [-0.39, 0.29) is 0 Å². The molecule has 0 aliphatic carbocycles. The number of imidazole rings is 1. The zero-order chi connectivity index (χ0) is 12.1. The molecule has 0 unspecified atom stereocenters. The minimum atomic E-state index is 0.436. The predicted molar refractivity (Wildman–Crippen MR) is 67.9 cm³/mol. The number of aromatic nitrogens is 4. The summed E-state index contributed by atoms with van der Waals surface area (Å²) in [5.74, 6) is 0.945. The molecule has 0 aromatic carbocycles. The van der Waals surface area contributed by atoms with Crippen LogP contribution in [0.2, 0.25) is 0 Å². The summed E-state index contributed by atoms with van der Waals surface area (Å²) in [4.78, 5) is 4.30. The first-order valence-corrected chi connectivity index (χ1v) is 6.01. The van der Waals surface area contributed by atoms with Crippen LogP contribution in [-0.2, 0) is 6.54 Å². The first-order valence-electron chi connectivity index (χ1n) is 6.01. The molecule has 0 aliphatic heterocycles. The first-order chi connectivity index (χ1) is 8.27. The third-order valence-electron chi connectivity index (χ3n) is 2.63. The third kappa shape index (κ3) is 3.09. The lowest BCUT2D eigenvalue weighted by molar-refractivity contribution is 0.581. The summed E-state index contributed by atoms with van der Waals surface area (Å²) in [5, 5.41) is 7.51. The SMILES string of the molecule is CC(C)n1ccnc1NCCCn1cccn1. The zero-order valence-corrected chi connectivity index (χ0v) is 10.4. The average molecular weight is 233 g/mol. The molecular weight excluding hydrogens is 214 g/mol. The van der Waals surface area contributed by atoms with E-state index in [4.69, 9.17) is 0 Å². The number of hydrogen-bond donors (Lipinski definition) is 1. The normalized spacial score (nSPS) is 11.0. The summed E-state index contributed by atoms with van der Waals surface area (Å²) < 4.78 is 4.07. The number of rotatable bonds is 6. The minimum Gasteiger partial charge on any atom is -0.356 e. The molecule has 0 aliphatic rings. The zero-order valence-electron chi connectivity index (χ0n) is 10.4. The molecule has 0 atom stereocenters. The summed E-state index contributed by atoms with van der Waals surface area (Å²) in [6.45, 7) is 6.14. The van der Waals surface area contributed by atoms with Crippen LogP contribution in [0.1, 0.15) is 26.3 Å². The second-order valence-electron chi connectivity index (χ2n) is 4.30. The molecule has 5 heteroatoms. The Bertz CT molecular complexity index is 429. The van der Waals surface area contributed by atoms with E-state index in [2.05, 4.69) is 33.8 Å². The highest BCUT2D eigenvalue weighted by Crippen LogP contribution is 2.12. The van der Waals surface area contributed by atoms with Crippen LogP contribution in [0.3, 0.4) is 0 Å². The van der Waals surface area contributed by atoms with E-state index in [1.807, 2.05) is 29.3 Å². The Hall–Kier alpha value is -1.78. The monoisotopic (exact) mass is 233 g/mol. The topological polar surface area (TPSA) is 47.7 Å². The van der Waals surface area contributed by atoms with Crippen molar-refractivity contribution in [2.24, 2.45) is 0 Å². The van der Waals surface area contributed by atoms with E-state index in [0.29, 0.717) is 6.04 Å². The van der Waals surface area contributed by atoms with Crippen molar-refractivity contribution in [3.63, 3.8) is 0 Å². The van der Waals surface area contributed by atoms with Gasteiger partial charge in [0.1, 0.15) is 0 Å². The van der Waals surface area contributed by atoms with Crippen LogP contribution in [0.25, 0.3) is 0 Å². The molecule has 0 saturated heterocycles. The fourth-order valence-corrected chi connectivity index (χ4v) is 1.74. The lowest BCUT2D eigenvalue weighted by Crippen LogP contribution is -2.12. The number of nitrogens with one attached hydrogen (secondary N) is 1. The van der Waals surface area contributed by atoms with Gasteiger partial charge in [0.25, 0.3) is 0 Å². The Kier molecular flexibility index (Phi) is 3.80. The maximum absolute atomic E-state index is 4.30. The Morgan fingerprint density at radius 2 is 2.18 bits per heavy atom. The van der Waals surface area contributed by atoms with Crippen molar-refractivity contribution in [1.29, 1.82) is 0 Å². The van der Waals surface area contributed by atoms with Crippen LogP contribution in [0.15, 0.2) is 30.9 Å². The number of aryl methyl sites for hydroxylation is 1. The van der Waals surface area contributed by atoms with E-state index >= 15 is 0 Å². The molecule has 0 radical (unpaired) electrons. The highest BCUT2D eigenvalue weighted by Gasteiger charge is 2.04. The Labute approximate surface area is 101 Å². The number of nitrogens with zero attached hydrogens (tertiary/aromatic N) is 4. The van der Waals surface area contributed by atoms with Crippen molar-refractivity contribution >= 4 is 5.95 Å². The van der Waals surface area contributed by atoms with Crippen LogP contribution >= 0.6 is 0 Å². The van der Waals surface area contributed by atoms with Crippen molar-refractivity contribution in [2.75, 3.05) is 11.9 Å². The van der Waals surface area contributed by atoms with Gasteiger partial charge in [0.05, 0.1) is 0 Å². The summed E-state index contributed by atoms with van der Waals surface area (Å²) in [6.07, 6.45) is 8.65. The maximum Gasteiger partial charge on any atom is 0.203 e. The standard InChI is InChI=1S/C12H19N5/c1-11(2)17-10-7-14-12(17)13-5-3-8-16-9-4-6-15-16/h4,6-7,9-11H,3,5,8H2,1-2H3,(H,13,14). The second-order valence-corrected chi connectivity index (χ2v) is 4.30. The van der Waals surface area contributed by atoms with Gasteiger partial charge in [-0.2, -0.15) is 5.10 Å². The van der Waals surface area contributed by atoms with Gasteiger partial charge >= 0.3 is 0 Å². The van der Waals surface area contributed by atoms with Crippen LogP contribution < -0.4 is 5.32 Å². The van der Waals surface area contributed by atoms with Crippen LogP contribution in [0.5, 0.6) is 0 Å². The van der Waals surface area contributed by atoms with Gasteiger partial charge in [0.15, 0.2) is 0 Å². The Balaban J connectivity index is 1.76. The van der Waals surface area contributed by atoms with Gasteiger partial charge in [-0.05, 0) is 26.3 Å². The summed E-state index contributed by atoms with van der Waals surface area (Å²) in [6, 6.07) is 2.38. The van der Waals surface area contributed by atoms with E-state index in [0.717, 1.165) is 25.5 Å². The largest absolute Gasteiger partial charge is 0.356 e. The first kappa shape index (κ1) is 11.7. The van der Waals surface area contributed by atoms with E-state index in [9.17, 15) is 0 Å². The lowest BCUT2D eigenvalue weighted by Gasteiger charge is -2.12. The molecule has 2 heterocycles. The summed E-state index contributed by atoms with van der Waals surface area (Å²) in [7, 11) is 0. The average Bonchev–Trinajstić information content (AvgIpc) is 2.95. The molecule has 0 bridgehead atoms. The van der Waals surface area contributed by atoms with Crippen LogP contribution in [0, 0.1) is 0 Å². The highest BCUT2D eigenvalue weighted by molar-refractivity contribution is 5.26. The van der Waals surface area contributed by atoms with Gasteiger partial charge in [-0.15, -0.1) is 0 Å². The Morgan fingerprint density at radius 1 is 1.29 bits per heavy atom. The van der Waals surface area contributed by atoms with Gasteiger partial charge in [0.2, 0.25) is 5.95 Å². The third-order valence-corrected chi connectivity index (χ3v) is 2.63. The van der Waals surface area contributed by atoms with Crippen molar-refractivity contribution < 1.29 is 0 Å². The fourth-order valence-electron chi connectivity index (χ4n) is 1.74. The Morgan fingerprint density at radius 3 is 2.88 bits per heavy atom. The maximum atomic E-state index is 4.30. The molecule has 2 aromatic rings. The van der Waals surface area contributed by atoms with Crippen molar-refractivity contribution in [2.45, 2.75) is 32.9 Å². The fraction of sp³-hybridized carbons (Fsp3) is 0.500. The van der Waals surface area contributed by atoms with Gasteiger partial charge in [-0.3, -0.25) is 4.68 Å². The smallest absolute Gasteiger partial charge is 0.203 e. The molecule has 2 rings (SSSR count). The molecule has 2 aromatic heterocycles. The number of hydrogen-bond acceptors (Lipinski definition) is 3. The van der Waals surface area contributed by atoms with Crippen LogP contribution in [0.4, 0.5) is 5.95 Å². The summed E-state index contributed by atoms with van der Waals surface area (Å²) >= 11 is 0. The molecule has 1 N–H and O–H groups in total. The van der Waals surface area contributed by atoms with Crippen molar-refractivity contribution in [1.82, 2.24) is 19.3 Å². The second kappa shape index (κ2) is 5.52. The van der Waals surface area contributed by atoms with Gasteiger partial charge < -0.3 is 9.88 Å². The van der Waals surface area contributed by atoms with Gasteiger partial charge in [-0.25, -0.2) is 4.98 Å². The molecular formula is C12H19N5. The van der Waals surface area contributed by atoms with Crippen molar-refractivity contribution in [3.05, 3.63) is 30.9 Å². The minimum absolute atomic E-state index is 0.436. The van der Waals surface area contributed by atoms with Gasteiger partial charge in [-0.1, -0.05) is 0 Å². The molecule has 0 amide bonds. The molecule has 17 heavy (non-hydrogen) atoms. The molecule has 92 valence electrons. The molecule has 0 fully saturated rings. The van der Waals surface area contributed by atoms with E-state index in [1.165, 1.54) is 0 Å². The van der Waals surface area contributed by atoms with E-state index in [1.54, 1.807) is 6.20 Å². The molecule has 5 nitrogen and oxygen atoms in total. The van der Waals surface area contributed by atoms with Crippen molar-refractivity contribution in [3.8, 4) is 0 Å². The lowest BCUT2D eigenvalue weighted by atomic mass is 10.4. The van der Waals surface area contributed by atoms with Gasteiger partial charge in [0, 0.05) is 43.9 Å². The predicted octanol–water partition coefficient (Wildman–Crippen LogP) is 2.16. The molecule has 0 saturated carbocycles. The quantitative estimate of drug-likeness (QED) is 0.778. The van der Waals surface area contributed by atoms with E-state index < -0.39 is 0 Å². The molecule has 0 spiro atoms.